The van der Waals surface area contributed by atoms with Crippen LogP contribution in [0.4, 0.5) is 10.1 Å². The van der Waals surface area contributed by atoms with Crippen LogP contribution in [-0.2, 0) is 4.79 Å². The summed E-state index contributed by atoms with van der Waals surface area (Å²) in [6, 6.07) is 14.3. The summed E-state index contributed by atoms with van der Waals surface area (Å²) in [4.78, 5) is 15.0. The predicted molar refractivity (Wildman–Crippen MR) is 107 cm³/mol. The fraction of sp³-hybridized carbons (Fsp3) is 0.286. The van der Waals surface area contributed by atoms with E-state index in [9.17, 15) is 9.18 Å². The van der Waals surface area contributed by atoms with Crippen LogP contribution >= 0.6 is 11.6 Å². The molecular formula is C21H25ClFN3O+2. The number of piperazine rings is 1. The van der Waals surface area contributed by atoms with E-state index in [1.54, 1.807) is 0 Å². The van der Waals surface area contributed by atoms with E-state index in [-0.39, 0.29) is 10.9 Å². The second-order valence-corrected chi connectivity index (χ2v) is 7.27. The van der Waals surface area contributed by atoms with Gasteiger partial charge in [-0.1, -0.05) is 48.0 Å². The van der Waals surface area contributed by atoms with Crippen molar-refractivity contribution in [1.82, 2.24) is 0 Å². The molecule has 0 spiro atoms. The highest BCUT2D eigenvalue weighted by Gasteiger charge is 2.24. The monoisotopic (exact) mass is 389 g/mol. The molecule has 0 aromatic heterocycles. The molecule has 0 bridgehead atoms. The van der Waals surface area contributed by atoms with Crippen molar-refractivity contribution in [3.05, 3.63) is 71.0 Å². The third-order valence-electron chi connectivity index (χ3n) is 4.80. The number of hydrogen-bond acceptors (Lipinski definition) is 1. The minimum Gasteiger partial charge on any atom is -0.322 e. The fourth-order valence-corrected chi connectivity index (χ4v) is 3.49. The first-order valence-electron chi connectivity index (χ1n) is 9.24. The predicted octanol–water partition coefficient (Wildman–Crippen LogP) is 0.914. The minimum atomic E-state index is -0.413. The van der Waals surface area contributed by atoms with Crippen molar-refractivity contribution in [3.8, 4) is 0 Å². The van der Waals surface area contributed by atoms with Crippen LogP contribution in [0.15, 0.2) is 54.6 Å². The SMILES string of the molecule is O=C(C[NH+]1CC[NH+](C/C=C/c2ccccc2)CC1)Nc1ccc(F)cc1Cl. The molecule has 1 aliphatic heterocycles. The van der Waals surface area contributed by atoms with Gasteiger partial charge in [-0.15, -0.1) is 0 Å². The van der Waals surface area contributed by atoms with Crippen molar-refractivity contribution in [2.75, 3.05) is 44.6 Å². The topological polar surface area (TPSA) is 38.0 Å². The van der Waals surface area contributed by atoms with Crippen molar-refractivity contribution >= 4 is 29.3 Å². The van der Waals surface area contributed by atoms with Crippen LogP contribution in [0.3, 0.4) is 0 Å². The van der Waals surface area contributed by atoms with E-state index < -0.39 is 5.82 Å². The highest BCUT2D eigenvalue weighted by atomic mass is 35.5. The van der Waals surface area contributed by atoms with E-state index in [0.717, 1.165) is 32.7 Å². The molecule has 1 fully saturated rings. The third kappa shape index (κ3) is 6.17. The fourth-order valence-electron chi connectivity index (χ4n) is 3.28. The lowest BCUT2D eigenvalue weighted by Gasteiger charge is -2.28. The van der Waals surface area contributed by atoms with Crippen LogP contribution in [0.1, 0.15) is 5.56 Å². The molecule has 1 heterocycles. The van der Waals surface area contributed by atoms with E-state index in [0.29, 0.717) is 12.2 Å². The minimum absolute atomic E-state index is 0.0917. The Morgan fingerprint density at radius 2 is 1.78 bits per heavy atom. The Labute approximate surface area is 164 Å². The Balaban J connectivity index is 1.40. The number of rotatable bonds is 6. The van der Waals surface area contributed by atoms with Gasteiger partial charge in [0, 0.05) is 0 Å². The van der Waals surface area contributed by atoms with Crippen LogP contribution in [-0.4, -0.2) is 45.2 Å². The molecule has 142 valence electrons. The number of quaternary nitrogens is 2. The van der Waals surface area contributed by atoms with Crippen LogP contribution in [0.5, 0.6) is 0 Å². The molecule has 1 saturated heterocycles. The van der Waals surface area contributed by atoms with Gasteiger partial charge in [-0.05, 0) is 29.8 Å². The lowest BCUT2D eigenvalue weighted by Crippen LogP contribution is -3.28. The molecule has 0 saturated carbocycles. The molecule has 0 aliphatic carbocycles. The lowest BCUT2D eigenvalue weighted by atomic mass is 10.2. The Hall–Kier alpha value is -2.21. The normalized spacial score (nSPS) is 19.9. The van der Waals surface area contributed by atoms with Gasteiger partial charge in [0.2, 0.25) is 0 Å². The van der Waals surface area contributed by atoms with Gasteiger partial charge in [-0.25, -0.2) is 4.39 Å². The number of halogens is 2. The second kappa shape index (κ2) is 9.65. The number of nitrogens with one attached hydrogen (secondary N) is 3. The standard InChI is InChI=1S/C21H23ClFN3O/c22-19-15-18(23)8-9-20(19)24-21(27)16-26-13-11-25(12-14-26)10-4-7-17-5-2-1-3-6-17/h1-9,15H,10-14,16H2,(H,24,27)/p+2/b7-4+. The zero-order valence-electron chi connectivity index (χ0n) is 15.2. The first-order chi connectivity index (χ1) is 13.1. The molecule has 2 aromatic carbocycles. The summed E-state index contributed by atoms with van der Waals surface area (Å²) in [7, 11) is 0. The summed E-state index contributed by atoms with van der Waals surface area (Å²) in [5, 5.41) is 2.99. The van der Waals surface area contributed by atoms with E-state index in [4.69, 9.17) is 11.6 Å². The van der Waals surface area contributed by atoms with Gasteiger partial charge in [0.05, 0.1) is 17.3 Å². The maximum absolute atomic E-state index is 13.1. The van der Waals surface area contributed by atoms with Gasteiger partial charge in [0.25, 0.3) is 5.91 Å². The van der Waals surface area contributed by atoms with Crippen molar-refractivity contribution < 1.29 is 19.0 Å². The average Bonchev–Trinajstić information content (AvgIpc) is 2.66. The van der Waals surface area contributed by atoms with Crippen LogP contribution in [0.2, 0.25) is 5.02 Å². The molecule has 1 amide bonds. The Kier molecular flexibility index (Phi) is 6.98. The van der Waals surface area contributed by atoms with Crippen molar-refractivity contribution in [1.29, 1.82) is 0 Å². The van der Waals surface area contributed by atoms with E-state index in [1.807, 2.05) is 18.2 Å². The first kappa shape index (κ1) is 19.5. The molecule has 2 aromatic rings. The van der Waals surface area contributed by atoms with E-state index in [2.05, 4.69) is 29.6 Å². The van der Waals surface area contributed by atoms with Crippen molar-refractivity contribution in [2.24, 2.45) is 0 Å². The van der Waals surface area contributed by atoms with Crippen LogP contribution in [0.25, 0.3) is 6.08 Å². The number of carbonyl (C=O) groups is 1. The molecule has 0 unspecified atom stereocenters. The van der Waals surface area contributed by atoms with Gasteiger partial charge in [0.15, 0.2) is 6.54 Å². The van der Waals surface area contributed by atoms with Gasteiger partial charge < -0.3 is 15.1 Å². The summed E-state index contributed by atoms with van der Waals surface area (Å²) < 4.78 is 13.1. The lowest BCUT2D eigenvalue weighted by molar-refractivity contribution is -1.01. The van der Waals surface area contributed by atoms with Crippen molar-refractivity contribution in [2.45, 2.75) is 0 Å². The molecule has 3 N–H and O–H groups in total. The third-order valence-corrected chi connectivity index (χ3v) is 5.11. The summed E-state index contributed by atoms with van der Waals surface area (Å²) in [6.45, 7) is 5.40. The summed E-state index contributed by atoms with van der Waals surface area (Å²) >= 11 is 5.96. The van der Waals surface area contributed by atoms with Gasteiger partial charge in [0.1, 0.15) is 32.0 Å². The molecule has 6 heteroatoms. The first-order valence-corrected chi connectivity index (χ1v) is 9.61. The Morgan fingerprint density at radius 1 is 1.07 bits per heavy atom. The van der Waals surface area contributed by atoms with E-state index >= 15 is 0 Å². The number of amides is 1. The zero-order chi connectivity index (χ0) is 19.1. The number of hydrogen-bond donors (Lipinski definition) is 3. The summed E-state index contributed by atoms with van der Waals surface area (Å²) in [5.41, 5.74) is 1.68. The van der Waals surface area contributed by atoms with E-state index in [1.165, 1.54) is 33.6 Å². The van der Waals surface area contributed by atoms with Crippen LogP contribution < -0.4 is 15.1 Å². The molecule has 1 aliphatic rings. The van der Waals surface area contributed by atoms with Gasteiger partial charge in [-0.3, -0.25) is 4.79 Å². The van der Waals surface area contributed by atoms with Crippen LogP contribution in [0, 0.1) is 5.82 Å². The number of benzene rings is 2. The summed E-state index contributed by atoms with van der Waals surface area (Å²) in [6.07, 6.45) is 4.38. The smallest absolute Gasteiger partial charge is 0.279 e. The average molecular weight is 390 g/mol. The highest BCUT2D eigenvalue weighted by molar-refractivity contribution is 6.33. The van der Waals surface area contributed by atoms with Gasteiger partial charge in [-0.2, -0.15) is 0 Å². The largest absolute Gasteiger partial charge is 0.322 e. The highest BCUT2D eigenvalue weighted by Crippen LogP contribution is 2.21. The molecule has 4 nitrogen and oxygen atoms in total. The molecular weight excluding hydrogens is 365 g/mol. The second-order valence-electron chi connectivity index (χ2n) is 6.87. The number of anilines is 1. The Bertz CT molecular complexity index is 789. The molecule has 27 heavy (non-hydrogen) atoms. The van der Waals surface area contributed by atoms with Crippen molar-refractivity contribution in [3.63, 3.8) is 0 Å². The van der Waals surface area contributed by atoms with Gasteiger partial charge >= 0.3 is 0 Å². The Morgan fingerprint density at radius 3 is 2.48 bits per heavy atom. The summed E-state index contributed by atoms with van der Waals surface area (Å²) in [5.74, 6) is -0.505. The zero-order valence-corrected chi connectivity index (χ0v) is 15.9. The molecule has 0 atom stereocenters. The maximum Gasteiger partial charge on any atom is 0.279 e. The molecule has 3 rings (SSSR count). The maximum atomic E-state index is 13.1. The number of carbonyl (C=O) groups excluding carboxylic acids is 1. The molecule has 0 radical (unpaired) electrons. The quantitative estimate of drug-likeness (QED) is 0.675.